The molecule has 0 radical (unpaired) electrons. The van der Waals surface area contributed by atoms with Crippen molar-refractivity contribution >= 4 is 10.4 Å². The fourth-order valence-corrected chi connectivity index (χ4v) is 2.82. The minimum Gasteiger partial charge on any atom is -0.379 e. The van der Waals surface area contributed by atoms with Gasteiger partial charge in [-0.2, -0.15) is 8.42 Å². The minimum absolute atomic E-state index is 0.115. The highest BCUT2D eigenvalue weighted by Gasteiger charge is 2.12. The Bertz CT molecular complexity index is 374. The van der Waals surface area contributed by atoms with Crippen LogP contribution in [-0.4, -0.2) is 48.1 Å². The summed E-state index contributed by atoms with van der Waals surface area (Å²) in [6, 6.07) is 0. The van der Waals surface area contributed by atoms with Crippen LogP contribution in [0.3, 0.4) is 0 Å². The Hall–Kier alpha value is -0.250. The van der Waals surface area contributed by atoms with Crippen molar-refractivity contribution in [3.05, 3.63) is 0 Å². The first-order valence-corrected chi connectivity index (χ1v) is 11.3. The topological polar surface area (TPSA) is 80.3 Å². The van der Waals surface area contributed by atoms with E-state index in [0.29, 0.717) is 19.8 Å². The van der Waals surface area contributed by atoms with Gasteiger partial charge in [0.05, 0.1) is 33.0 Å². The summed E-state index contributed by atoms with van der Waals surface area (Å²) in [4.78, 5) is 4.71. The van der Waals surface area contributed by atoms with Crippen LogP contribution in [0.2, 0.25) is 0 Å². The van der Waals surface area contributed by atoms with E-state index in [2.05, 4.69) is 15.4 Å². The smallest absolute Gasteiger partial charge is 0.379 e. The van der Waals surface area contributed by atoms with E-state index in [4.69, 9.17) is 14.4 Å². The predicted octanol–water partition coefficient (Wildman–Crippen LogP) is 4.17. The molecule has 0 fully saturated rings. The van der Waals surface area contributed by atoms with Crippen LogP contribution >= 0.6 is 0 Å². The zero-order chi connectivity index (χ0) is 19.3. The van der Waals surface area contributed by atoms with Gasteiger partial charge in [0.2, 0.25) is 0 Å². The Labute approximate surface area is 159 Å². The summed E-state index contributed by atoms with van der Waals surface area (Å²) >= 11 is 0. The maximum Gasteiger partial charge on any atom is 0.426 e. The largest absolute Gasteiger partial charge is 0.426 e. The van der Waals surface area contributed by atoms with E-state index >= 15 is 0 Å². The van der Waals surface area contributed by atoms with Gasteiger partial charge in [-0.25, -0.2) is 9.07 Å². The Balaban J connectivity index is 3.32. The molecule has 0 amide bonds. The van der Waals surface area contributed by atoms with Crippen LogP contribution in [0.1, 0.15) is 78.1 Å². The zero-order valence-corrected chi connectivity index (χ0v) is 17.4. The molecule has 0 saturated carbocycles. The fraction of sp³-hybridized carbons (Fsp3) is 1.00. The van der Waals surface area contributed by atoms with E-state index in [1.165, 1.54) is 44.9 Å². The second kappa shape index (κ2) is 19.5. The number of hydrogen-bond donors (Lipinski definition) is 0. The third-order valence-electron chi connectivity index (χ3n) is 3.74. The molecule has 0 bridgehead atoms. The molecule has 0 aromatic heterocycles. The molecule has 7 nitrogen and oxygen atoms in total. The monoisotopic (exact) mass is 398 g/mol. The van der Waals surface area contributed by atoms with E-state index in [1.807, 2.05) is 6.92 Å². The maximum atomic E-state index is 11.4. The van der Waals surface area contributed by atoms with Gasteiger partial charge in [0, 0.05) is 6.61 Å². The van der Waals surface area contributed by atoms with Crippen molar-refractivity contribution in [3.63, 3.8) is 0 Å². The van der Waals surface area contributed by atoms with Crippen molar-refractivity contribution in [1.82, 2.24) is 0 Å². The van der Waals surface area contributed by atoms with E-state index in [-0.39, 0.29) is 19.8 Å². The lowest BCUT2D eigenvalue weighted by Crippen LogP contribution is -2.16. The molecule has 0 unspecified atom stereocenters. The highest BCUT2D eigenvalue weighted by molar-refractivity contribution is 7.81. The molecule has 0 N–H and O–H groups in total. The number of unbranched alkanes of at least 4 members (excludes halogenated alkanes) is 9. The molecule has 158 valence electrons. The van der Waals surface area contributed by atoms with Crippen LogP contribution in [0.4, 0.5) is 0 Å². The lowest BCUT2D eigenvalue weighted by atomic mass is 10.1. The van der Waals surface area contributed by atoms with Crippen LogP contribution in [0, 0.1) is 0 Å². The number of hydrogen-bond acceptors (Lipinski definition) is 7. The minimum atomic E-state index is -4.12. The molecule has 0 heterocycles. The SMILES string of the molecule is CCCCCCCCCCCCOOS(=O)(=O)OCCOCCOCC. The summed E-state index contributed by atoms with van der Waals surface area (Å²) in [5.74, 6) is 0. The molecule has 0 saturated heterocycles. The first kappa shape index (κ1) is 25.8. The van der Waals surface area contributed by atoms with Gasteiger partial charge < -0.3 is 9.47 Å². The van der Waals surface area contributed by atoms with Gasteiger partial charge in [-0.15, -0.1) is 0 Å². The zero-order valence-electron chi connectivity index (χ0n) is 16.6. The molecule has 8 heteroatoms. The summed E-state index contributed by atoms with van der Waals surface area (Å²) in [5, 5.41) is 0. The molecular weight excluding hydrogens is 360 g/mol. The van der Waals surface area contributed by atoms with E-state index in [1.54, 1.807) is 0 Å². The van der Waals surface area contributed by atoms with Gasteiger partial charge in [0.1, 0.15) is 0 Å². The van der Waals surface area contributed by atoms with Gasteiger partial charge >= 0.3 is 10.4 Å². The molecule has 0 aliphatic carbocycles. The lowest BCUT2D eigenvalue weighted by Gasteiger charge is -2.06. The van der Waals surface area contributed by atoms with Gasteiger partial charge in [-0.1, -0.05) is 69.0 Å². The Morgan fingerprint density at radius 1 is 0.615 bits per heavy atom. The van der Waals surface area contributed by atoms with Gasteiger partial charge in [-0.05, 0) is 13.3 Å². The maximum absolute atomic E-state index is 11.4. The molecule has 0 aliphatic rings. The van der Waals surface area contributed by atoms with Crippen LogP contribution in [0.25, 0.3) is 0 Å². The van der Waals surface area contributed by atoms with Crippen molar-refractivity contribution in [2.45, 2.75) is 78.1 Å². The van der Waals surface area contributed by atoms with Gasteiger partial charge in [0.25, 0.3) is 0 Å². The third-order valence-corrected chi connectivity index (χ3v) is 4.46. The highest BCUT2D eigenvalue weighted by atomic mass is 32.3. The molecule has 0 aromatic carbocycles. The average Bonchev–Trinajstić information content (AvgIpc) is 2.62. The average molecular weight is 399 g/mol. The lowest BCUT2D eigenvalue weighted by molar-refractivity contribution is -0.210. The summed E-state index contributed by atoms with van der Waals surface area (Å²) in [6.45, 7) is 5.88. The molecule has 0 aliphatic heterocycles. The number of rotatable bonds is 21. The second-order valence-electron chi connectivity index (χ2n) is 6.11. The Morgan fingerprint density at radius 3 is 1.77 bits per heavy atom. The quantitative estimate of drug-likeness (QED) is 0.163. The molecule has 0 atom stereocenters. The van der Waals surface area contributed by atoms with E-state index in [9.17, 15) is 8.42 Å². The van der Waals surface area contributed by atoms with E-state index in [0.717, 1.165) is 19.3 Å². The normalized spacial score (nSPS) is 11.9. The van der Waals surface area contributed by atoms with Crippen molar-refractivity contribution in [2.75, 3.05) is 39.6 Å². The molecule has 0 rings (SSSR count). The Kier molecular flexibility index (Phi) is 19.3. The van der Waals surface area contributed by atoms with Gasteiger partial charge in [-0.3, -0.25) is 0 Å². The highest BCUT2D eigenvalue weighted by Crippen LogP contribution is 2.10. The van der Waals surface area contributed by atoms with Crippen molar-refractivity contribution in [2.24, 2.45) is 0 Å². The summed E-state index contributed by atoms with van der Waals surface area (Å²) in [6.07, 6.45) is 12.0. The second-order valence-corrected chi connectivity index (χ2v) is 7.30. The fourth-order valence-electron chi connectivity index (χ4n) is 2.32. The number of ether oxygens (including phenoxy) is 2. The van der Waals surface area contributed by atoms with Crippen molar-refractivity contribution in [3.8, 4) is 0 Å². The summed E-state index contributed by atoms with van der Waals surface area (Å²) < 4.78 is 41.9. The van der Waals surface area contributed by atoms with E-state index < -0.39 is 10.4 Å². The van der Waals surface area contributed by atoms with Crippen LogP contribution in [0.15, 0.2) is 0 Å². The van der Waals surface area contributed by atoms with Gasteiger partial charge in [0.15, 0.2) is 0 Å². The first-order valence-electron chi connectivity index (χ1n) is 9.98. The standard InChI is InChI=1S/C18H38O7S/c1-3-5-6-7-8-9-10-11-12-13-14-23-25-26(19,20)24-18-17-22-16-15-21-4-2/h3-18H2,1-2H3. The van der Waals surface area contributed by atoms with Crippen molar-refractivity contribution in [1.29, 1.82) is 0 Å². The summed E-state index contributed by atoms with van der Waals surface area (Å²) in [7, 11) is -4.12. The molecular formula is C18H38O7S. The summed E-state index contributed by atoms with van der Waals surface area (Å²) in [5.41, 5.74) is 0. The van der Waals surface area contributed by atoms with Crippen LogP contribution in [0.5, 0.6) is 0 Å². The van der Waals surface area contributed by atoms with Crippen molar-refractivity contribution < 1.29 is 31.3 Å². The van der Waals surface area contributed by atoms with Crippen LogP contribution in [-0.2, 0) is 33.3 Å². The van der Waals surface area contributed by atoms with Crippen LogP contribution < -0.4 is 0 Å². The predicted molar refractivity (Wildman–Crippen MR) is 101 cm³/mol. The molecule has 0 spiro atoms. The first-order chi connectivity index (χ1) is 12.6. The molecule has 26 heavy (non-hydrogen) atoms. The Morgan fingerprint density at radius 2 is 1.15 bits per heavy atom. The molecule has 0 aromatic rings. The third kappa shape index (κ3) is 20.1.